The molecule has 0 amide bonds. The van der Waals surface area contributed by atoms with Crippen LogP contribution in [-0.4, -0.2) is 96.7 Å². The third-order valence-corrected chi connectivity index (χ3v) is 20.1. The number of rotatable bonds is 80. The zero-order valence-electron chi connectivity index (χ0n) is 66.5. The van der Waals surface area contributed by atoms with Gasteiger partial charge in [0.25, 0.3) is 0 Å². The number of hydrogen-bond donors (Lipinski definition) is 3. The van der Waals surface area contributed by atoms with Crippen molar-refractivity contribution in [2.75, 3.05) is 39.6 Å². The van der Waals surface area contributed by atoms with Gasteiger partial charge in [0.15, 0.2) is 12.2 Å². The number of aliphatic hydroxyl groups is 1. The van der Waals surface area contributed by atoms with Crippen LogP contribution in [0.4, 0.5) is 0 Å². The first-order chi connectivity index (χ1) is 50.7. The maximum Gasteiger partial charge on any atom is 0.472 e. The molecule has 0 aliphatic heterocycles. The molecule has 0 spiro atoms. The highest BCUT2D eigenvalue weighted by atomic mass is 31.2. The van der Waals surface area contributed by atoms with Gasteiger partial charge in [-0.15, -0.1) is 0 Å². The average molecular weight is 1510 g/mol. The van der Waals surface area contributed by atoms with E-state index in [1.54, 1.807) is 0 Å². The second kappa shape index (κ2) is 77.7. The van der Waals surface area contributed by atoms with Gasteiger partial charge in [-0.2, -0.15) is 0 Å². The number of allylic oxidation sites excluding steroid dienone is 12. The van der Waals surface area contributed by atoms with E-state index >= 15 is 0 Å². The summed E-state index contributed by atoms with van der Waals surface area (Å²) >= 11 is 0. The van der Waals surface area contributed by atoms with Gasteiger partial charge in [-0.25, -0.2) is 9.13 Å². The van der Waals surface area contributed by atoms with Crippen molar-refractivity contribution in [3.63, 3.8) is 0 Å². The summed E-state index contributed by atoms with van der Waals surface area (Å²) in [6.45, 7) is 4.84. The fraction of sp³-hybridized carbons (Fsp3) is 0.812. The quantitative estimate of drug-likeness (QED) is 0.0169. The third kappa shape index (κ3) is 76.7. The van der Waals surface area contributed by atoms with Gasteiger partial charge in [-0.05, 0) is 89.9 Å². The largest absolute Gasteiger partial charge is 0.472 e. The molecule has 0 aliphatic carbocycles. The Kier molecular flexibility index (Phi) is 75.0. The molecule has 0 bridgehead atoms. The molecule has 0 saturated carbocycles. The molecule has 0 aromatic heterocycles. The summed E-state index contributed by atoms with van der Waals surface area (Å²) in [7, 11) is -9.97. The zero-order valence-corrected chi connectivity index (χ0v) is 68.2. The maximum atomic E-state index is 13.1. The van der Waals surface area contributed by atoms with Crippen LogP contribution in [0, 0.1) is 0 Å². The minimum atomic E-state index is -4.99. The second-order valence-electron chi connectivity index (χ2n) is 28.4. The van der Waals surface area contributed by atoms with Gasteiger partial charge in [0.05, 0.1) is 26.4 Å². The molecule has 606 valence electrons. The van der Waals surface area contributed by atoms with Gasteiger partial charge in [-0.3, -0.25) is 37.3 Å². The number of hydrogen-bond acceptors (Lipinski definition) is 15. The maximum absolute atomic E-state index is 13.1. The van der Waals surface area contributed by atoms with Crippen LogP contribution in [0.5, 0.6) is 0 Å². The molecule has 0 aromatic rings. The zero-order chi connectivity index (χ0) is 76.0. The van der Waals surface area contributed by atoms with Crippen LogP contribution in [0.15, 0.2) is 72.9 Å². The number of unbranched alkanes of at least 4 members (excludes halogenated alkanes) is 42. The number of carbonyl (C=O) groups excluding carboxylic acids is 4. The molecule has 0 fully saturated rings. The fourth-order valence-corrected chi connectivity index (χ4v) is 13.3. The highest BCUT2D eigenvalue weighted by molar-refractivity contribution is 7.47. The molecule has 0 aliphatic rings. The molecule has 104 heavy (non-hydrogen) atoms. The summed E-state index contributed by atoms with van der Waals surface area (Å²) in [5.41, 5.74) is 0. The first-order valence-corrected chi connectivity index (χ1v) is 45.2. The Bertz CT molecular complexity index is 2250. The summed E-state index contributed by atoms with van der Waals surface area (Å²) in [5.74, 6) is -2.24. The summed E-state index contributed by atoms with van der Waals surface area (Å²) in [4.78, 5) is 73.1. The lowest BCUT2D eigenvalue weighted by Crippen LogP contribution is -2.30. The van der Waals surface area contributed by atoms with Crippen LogP contribution in [0.1, 0.15) is 387 Å². The number of ether oxygens (including phenoxy) is 4. The Labute approximate surface area is 634 Å². The summed E-state index contributed by atoms with van der Waals surface area (Å²) in [6.07, 6.45) is 80.2. The number of phosphoric acid groups is 2. The Morgan fingerprint density at radius 2 is 0.490 bits per heavy atom. The predicted molar refractivity (Wildman–Crippen MR) is 427 cm³/mol. The van der Waals surface area contributed by atoms with Crippen molar-refractivity contribution in [2.24, 2.45) is 0 Å². The van der Waals surface area contributed by atoms with E-state index in [4.69, 9.17) is 37.0 Å². The van der Waals surface area contributed by atoms with Gasteiger partial charge in [0.2, 0.25) is 0 Å². The normalized spacial score (nSPS) is 14.2. The Balaban J connectivity index is 5.40. The number of carbonyl (C=O) groups is 4. The summed E-state index contributed by atoms with van der Waals surface area (Å²) in [6, 6.07) is 0. The lowest BCUT2D eigenvalue weighted by molar-refractivity contribution is -0.161. The van der Waals surface area contributed by atoms with Gasteiger partial charge >= 0.3 is 39.5 Å². The standard InChI is InChI=1S/C85H154O17P2/c1-5-9-13-17-21-25-29-33-37-38-39-40-44-48-52-56-60-64-68-72-85(90)102-81(76-96-83(88)70-66-62-58-54-50-46-42-35-31-27-23-19-15-11-7-3)78-100-104(93,94)98-74-79(86)73-97-103(91,92)99-77-80(101-84(89)71-67-63-59-55-51-47-43-36-32-28-24-20-16-12-8-4)75-95-82(87)69-65-61-57-53-49-45-41-34-30-26-22-18-14-10-6-2/h21,25,33,36-37,39-40,43,48,52,60,64,79-81,86H,5-20,22-24,26-32,34-35,38,41-42,44-47,49-51,53-59,61-63,65-78H2,1-4H3,(H,91,92)(H,93,94)/b25-21-,37-33-,40-39-,43-36-,52-48-,64-60-/t79?,80-,81-/m1/s1. The van der Waals surface area contributed by atoms with Crippen molar-refractivity contribution in [1.82, 2.24) is 0 Å². The topological polar surface area (TPSA) is 237 Å². The van der Waals surface area contributed by atoms with E-state index in [-0.39, 0.29) is 25.7 Å². The van der Waals surface area contributed by atoms with E-state index in [0.717, 1.165) is 103 Å². The minimum Gasteiger partial charge on any atom is -0.462 e. The minimum absolute atomic E-state index is 0.0242. The molecule has 17 nitrogen and oxygen atoms in total. The molecular formula is C85H154O17P2. The SMILES string of the molecule is CCCCC/C=C\C/C=C\C/C=C\C/C=C\C/C=C\CCC(=O)O[C@H](COC(=O)CCCCCCCCCCCCCCCCC)COP(=O)(O)OCC(O)COP(=O)(O)OC[C@@H](COC(=O)CCCCCCCCCCCCCCCCC)OC(=O)CCCCCCC/C=C\CCCCCCCC. The molecule has 3 N–H and O–H groups in total. The van der Waals surface area contributed by atoms with Gasteiger partial charge in [0.1, 0.15) is 19.3 Å². The van der Waals surface area contributed by atoms with E-state index in [9.17, 15) is 43.2 Å². The lowest BCUT2D eigenvalue weighted by atomic mass is 10.0. The van der Waals surface area contributed by atoms with Crippen molar-refractivity contribution in [3.05, 3.63) is 72.9 Å². The van der Waals surface area contributed by atoms with Crippen LogP contribution in [-0.2, 0) is 65.4 Å². The molecule has 19 heteroatoms. The molecule has 5 atom stereocenters. The Hall–Kier alpha value is -3.50. The van der Waals surface area contributed by atoms with E-state index in [2.05, 4.69) is 82.4 Å². The molecule has 0 saturated heterocycles. The molecule has 0 aromatic carbocycles. The van der Waals surface area contributed by atoms with Crippen molar-refractivity contribution >= 4 is 39.5 Å². The second-order valence-corrected chi connectivity index (χ2v) is 31.3. The van der Waals surface area contributed by atoms with Gasteiger partial charge < -0.3 is 33.8 Å². The van der Waals surface area contributed by atoms with Crippen LogP contribution in [0.3, 0.4) is 0 Å². The highest BCUT2D eigenvalue weighted by Gasteiger charge is 2.30. The molecular weight excluding hydrogens is 1350 g/mol. The first kappa shape index (κ1) is 100. The molecule has 0 radical (unpaired) electrons. The molecule has 0 rings (SSSR count). The molecule has 3 unspecified atom stereocenters. The van der Waals surface area contributed by atoms with Gasteiger partial charge in [-0.1, -0.05) is 345 Å². The first-order valence-electron chi connectivity index (χ1n) is 42.2. The van der Waals surface area contributed by atoms with Crippen molar-refractivity contribution in [3.8, 4) is 0 Å². The smallest absolute Gasteiger partial charge is 0.462 e. The van der Waals surface area contributed by atoms with E-state index < -0.39 is 97.5 Å². The van der Waals surface area contributed by atoms with Crippen LogP contribution >= 0.6 is 15.6 Å². The van der Waals surface area contributed by atoms with Crippen LogP contribution in [0.25, 0.3) is 0 Å². The molecule has 0 heterocycles. The van der Waals surface area contributed by atoms with E-state index in [1.165, 1.54) is 199 Å². The lowest BCUT2D eigenvalue weighted by Gasteiger charge is -2.21. The Morgan fingerprint density at radius 3 is 0.808 bits per heavy atom. The third-order valence-electron chi connectivity index (χ3n) is 18.2. The fourth-order valence-electron chi connectivity index (χ4n) is 11.7. The average Bonchev–Trinajstić information content (AvgIpc) is 0.943. The van der Waals surface area contributed by atoms with Crippen molar-refractivity contribution in [1.29, 1.82) is 0 Å². The van der Waals surface area contributed by atoms with E-state index in [1.807, 2.05) is 18.2 Å². The van der Waals surface area contributed by atoms with Crippen LogP contribution in [0.2, 0.25) is 0 Å². The van der Waals surface area contributed by atoms with Crippen molar-refractivity contribution in [2.45, 2.75) is 406 Å². The summed E-state index contributed by atoms with van der Waals surface area (Å²) < 4.78 is 68.7. The van der Waals surface area contributed by atoms with Crippen LogP contribution < -0.4 is 0 Å². The Morgan fingerprint density at radius 1 is 0.269 bits per heavy atom. The highest BCUT2D eigenvalue weighted by Crippen LogP contribution is 2.45. The predicted octanol–water partition coefficient (Wildman–Crippen LogP) is 24.8. The summed E-state index contributed by atoms with van der Waals surface area (Å²) in [5, 5.41) is 10.7. The number of aliphatic hydroxyl groups excluding tert-OH is 1. The number of esters is 4. The van der Waals surface area contributed by atoms with Crippen molar-refractivity contribution < 1.29 is 80.2 Å². The monoisotopic (exact) mass is 1510 g/mol. The van der Waals surface area contributed by atoms with Gasteiger partial charge in [0, 0.05) is 25.7 Å². The number of phosphoric ester groups is 2. The van der Waals surface area contributed by atoms with E-state index in [0.29, 0.717) is 32.1 Å².